The van der Waals surface area contributed by atoms with Crippen molar-refractivity contribution in [3.63, 3.8) is 0 Å². The van der Waals surface area contributed by atoms with Crippen molar-refractivity contribution >= 4 is 0 Å². The highest BCUT2D eigenvalue weighted by Gasteiger charge is 2.41. The molecular formula is C18H39NO3. The van der Waals surface area contributed by atoms with E-state index in [1.165, 1.54) is 32.1 Å². The molecule has 0 rings (SSSR count). The van der Waals surface area contributed by atoms with Crippen LogP contribution >= 0.6 is 0 Å². The fourth-order valence-electron chi connectivity index (χ4n) is 2.94. The summed E-state index contributed by atoms with van der Waals surface area (Å²) in [5, 5.41) is 0. The summed E-state index contributed by atoms with van der Waals surface area (Å²) in [4.78, 5) is 0. The maximum absolute atomic E-state index is 5.96. The Labute approximate surface area is 138 Å². The molecule has 0 aliphatic carbocycles. The molecule has 0 spiro atoms. The highest BCUT2D eigenvalue weighted by atomic mass is 16.9. The van der Waals surface area contributed by atoms with Crippen molar-refractivity contribution in [3.8, 4) is 0 Å². The van der Waals surface area contributed by atoms with E-state index in [9.17, 15) is 0 Å². The van der Waals surface area contributed by atoms with Crippen LogP contribution in [0.3, 0.4) is 0 Å². The van der Waals surface area contributed by atoms with Gasteiger partial charge in [-0.05, 0) is 46.6 Å². The smallest absolute Gasteiger partial charge is 0.285 e. The first-order valence-electron chi connectivity index (χ1n) is 9.32. The molecule has 1 unspecified atom stereocenters. The van der Waals surface area contributed by atoms with Crippen molar-refractivity contribution in [1.82, 2.24) is 0 Å². The molecule has 0 aromatic heterocycles. The van der Waals surface area contributed by atoms with Crippen molar-refractivity contribution in [2.24, 2.45) is 11.7 Å². The standard InChI is InChI=1S/C18H39NO3/c1-5-9-10-11-12-14-17(15-13-16-19)18(20-6-2,21-7-3)22-8-4/h17H,5-16,19H2,1-4H3. The molecule has 0 aliphatic rings. The van der Waals surface area contributed by atoms with Gasteiger partial charge in [0.25, 0.3) is 5.97 Å². The fraction of sp³-hybridized carbons (Fsp3) is 1.00. The van der Waals surface area contributed by atoms with Gasteiger partial charge in [-0.3, -0.25) is 0 Å². The van der Waals surface area contributed by atoms with Gasteiger partial charge < -0.3 is 19.9 Å². The number of ether oxygens (including phenoxy) is 3. The molecule has 0 radical (unpaired) electrons. The third-order valence-corrected chi connectivity index (χ3v) is 3.95. The van der Waals surface area contributed by atoms with Gasteiger partial charge in [-0.1, -0.05) is 39.0 Å². The zero-order valence-electron chi connectivity index (χ0n) is 15.4. The molecular weight excluding hydrogens is 278 g/mol. The summed E-state index contributed by atoms with van der Waals surface area (Å²) in [6, 6.07) is 0. The van der Waals surface area contributed by atoms with E-state index in [4.69, 9.17) is 19.9 Å². The van der Waals surface area contributed by atoms with Crippen LogP contribution in [-0.2, 0) is 14.2 Å². The molecule has 2 N–H and O–H groups in total. The summed E-state index contributed by atoms with van der Waals surface area (Å²) in [7, 11) is 0. The van der Waals surface area contributed by atoms with Gasteiger partial charge in [0.15, 0.2) is 0 Å². The summed E-state index contributed by atoms with van der Waals surface area (Å²) in [6.07, 6.45) is 9.42. The van der Waals surface area contributed by atoms with Crippen molar-refractivity contribution < 1.29 is 14.2 Å². The highest BCUT2D eigenvalue weighted by Crippen LogP contribution is 2.33. The average Bonchev–Trinajstić information content (AvgIpc) is 2.50. The van der Waals surface area contributed by atoms with E-state index in [1.807, 2.05) is 20.8 Å². The van der Waals surface area contributed by atoms with Gasteiger partial charge in [-0.2, -0.15) is 0 Å². The molecule has 0 saturated carbocycles. The number of hydrogen-bond acceptors (Lipinski definition) is 4. The van der Waals surface area contributed by atoms with E-state index >= 15 is 0 Å². The third kappa shape index (κ3) is 8.47. The number of unbranched alkanes of at least 4 members (excludes halogenated alkanes) is 4. The summed E-state index contributed by atoms with van der Waals surface area (Å²) in [5.74, 6) is -0.643. The fourth-order valence-corrected chi connectivity index (χ4v) is 2.94. The Morgan fingerprint density at radius 1 is 0.727 bits per heavy atom. The van der Waals surface area contributed by atoms with E-state index < -0.39 is 5.97 Å². The van der Waals surface area contributed by atoms with Crippen LogP contribution in [0.5, 0.6) is 0 Å². The van der Waals surface area contributed by atoms with Crippen LogP contribution in [0, 0.1) is 5.92 Å². The lowest BCUT2D eigenvalue weighted by atomic mass is 9.93. The van der Waals surface area contributed by atoms with Crippen LogP contribution in [-0.4, -0.2) is 32.3 Å². The third-order valence-electron chi connectivity index (χ3n) is 3.95. The molecule has 0 bridgehead atoms. The predicted octanol–water partition coefficient (Wildman–Crippen LogP) is 4.47. The van der Waals surface area contributed by atoms with Gasteiger partial charge in [0.05, 0.1) is 0 Å². The Morgan fingerprint density at radius 3 is 1.68 bits per heavy atom. The van der Waals surface area contributed by atoms with Crippen molar-refractivity contribution in [2.75, 3.05) is 26.4 Å². The van der Waals surface area contributed by atoms with E-state index in [0.29, 0.717) is 26.4 Å². The topological polar surface area (TPSA) is 53.7 Å². The van der Waals surface area contributed by atoms with Gasteiger partial charge in [0.2, 0.25) is 0 Å². The Balaban J connectivity index is 4.77. The SMILES string of the molecule is CCCCCCCC(CCCN)C(OCC)(OCC)OCC. The van der Waals surface area contributed by atoms with Crippen molar-refractivity contribution in [1.29, 1.82) is 0 Å². The minimum Gasteiger partial charge on any atom is -0.330 e. The number of hydrogen-bond donors (Lipinski definition) is 1. The molecule has 4 nitrogen and oxygen atoms in total. The maximum atomic E-state index is 5.96. The first kappa shape index (κ1) is 21.8. The number of rotatable bonds is 16. The Hall–Kier alpha value is -0.160. The summed E-state index contributed by atoms with van der Waals surface area (Å²) >= 11 is 0. The molecule has 0 heterocycles. The molecule has 0 aromatic rings. The van der Waals surface area contributed by atoms with Crippen LogP contribution < -0.4 is 5.73 Å². The Morgan fingerprint density at radius 2 is 1.23 bits per heavy atom. The molecule has 0 aromatic carbocycles. The Bertz CT molecular complexity index is 219. The second kappa shape index (κ2) is 14.4. The maximum Gasteiger partial charge on any atom is 0.285 e. The van der Waals surface area contributed by atoms with E-state index in [1.54, 1.807) is 0 Å². The van der Waals surface area contributed by atoms with E-state index in [2.05, 4.69) is 6.92 Å². The van der Waals surface area contributed by atoms with E-state index in [0.717, 1.165) is 19.3 Å². The molecule has 0 amide bonds. The van der Waals surface area contributed by atoms with Crippen LogP contribution in [0.4, 0.5) is 0 Å². The Kier molecular flexibility index (Phi) is 14.3. The molecule has 0 fully saturated rings. The summed E-state index contributed by atoms with van der Waals surface area (Å²) < 4.78 is 17.9. The molecule has 0 saturated heterocycles. The molecule has 22 heavy (non-hydrogen) atoms. The van der Waals surface area contributed by atoms with Crippen LogP contribution in [0.1, 0.15) is 79.1 Å². The second-order valence-corrected chi connectivity index (χ2v) is 5.73. The van der Waals surface area contributed by atoms with Crippen LogP contribution in [0.2, 0.25) is 0 Å². The largest absolute Gasteiger partial charge is 0.330 e. The first-order chi connectivity index (χ1) is 10.7. The molecule has 134 valence electrons. The number of nitrogens with two attached hydrogens (primary N) is 1. The molecule has 4 heteroatoms. The van der Waals surface area contributed by atoms with Gasteiger partial charge in [0.1, 0.15) is 0 Å². The van der Waals surface area contributed by atoms with Crippen LogP contribution in [0.25, 0.3) is 0 Å². The first-order valence-corrected chi connectivity index (χ1v) is 9.32. The van der Waals surface area contributed by atoms with Gasteiger partial charge in [-0.25, -0.2) is 0 Å². The zero-order valence-corrected chi connectivity index (χ0v) is 15.4. The predicted molar refractivity (Wildman–Crippen MR) is 92.8 cm³/mol. The van der Waals surface area contributed by atoms with Crippen LogP contribution in [0.15, 0.2) is 0 Å². The lowest BCUT2D eigenvalue weighted by molar-refractivity contribution is -0.403. The lowest BCUT2D eigenvalue weighted by Crippen LogP contribution is -2.47. The average molecular weight is 318 g/mol. The summed E-state index contributed by atoms with van der Waals surface area (Å²) in [6.45, 7) is 10.7. The molecule has 0 aliphatic heterocycles. The monoisotopic (exact) mass is 317 g/mol. The second-order valence-electron chi connectivity index (χ2n) is 5.73. The van der Waals surface area contributed by atoms with E-state index in [-0.39, 0.29) is 5.92 Å². The normalized spacial score (nSPS) is 13.5. The zero-order chi connectivity index (χ0) is 16.7. The lowest BCUT2D eigenvalue weighted by Gasteiger charge is -2.39. The van der Waals surface area contributed by atoms with Gasteiger partial charge in [-0.15, -0.1) is 0 Å². The van der Waals surface area contributed by atoms with Gasteiger partial charge >= 0.3 is 0 Å². The quantitative estimate of drug-likeness (QED) is 0.337. The minimum absolute atomic E-state index is 0.248. The highest BCUT2D eigenvalue weighted by molar-refractivity contribution is 4.73. The van der Waals surface area contributed by atoms with Gasteiger partial charge in [0, 0.05) is 25.7 Å². The van der Waals surface area contributed by atoms with Crippen molar-refractivity contribution in [3.05, 3.63) is 0 Å². The molecule has 1 atom stereocenters. The minimum atomic E-state index is -0.891. The summed E-state index contributed by atoms with van der Waals surface area (Å²) in [5.41, 5.74) is 5.71. The van der Waals surface area contributed by atoms with Crippen molar-refractivity contribution in [2.45, 2.75) is 85.0 Å².